The van der Waals surface area contributed by atoms with Crippen molar-refractivity contribution in [1.82, 2.24) is 5.32 Å². The molecule has 3 amide bonds. The second-order valence-electron chi connectivity index (χ2n) is 5.12. The zero-order valence-electron chi connectivity index (χ0n) is 11.4. The fraction of sp³-hybridized carbons (Fsp3) is 0.615. The minimum Gasteiger partial charge on any atom is -0.449 e. The van der Waals surface area contributed by atoms with Gasteiger partial charge in [0.25, 0.3) is 5.91 Å². The number of nitrogens with two attached hydrogens (primary N) is 1. The molecule has 0 bridgehead atoms. The molecule has 1 saturated carbocycles. The Labute approximate surface area is 112 Å². The molecule has 19 heavy (non-hydrogen) atoms. The number of primary amides is 1. The van der Waals surface area contributed by atoms with Crippen molar-refractivity contribution >= 4 is 17.9 Å². The monoisotopic (exact) mass is 268 g/mol. The number of esters is 1. The number of urea groups is 1. The summed E-state index contributed by atoms with van der Waals surface area (Å²) in [6, 6.07) is -0.962. The van der Waals surface area contributed by atoms with Crippen LogP contribution in [-0.2, 0) is 14.3 Å². The zero-order valence-corrected chi connectivity index (χ0v) is 11.4. The van der Waals surface area contributed by atoms with Crippen LogP contribution in [0.15, 0.2) is 11.6 Å². The minimum absolute atomic E-state index is 0.252. The molecule has 1 aliphatic rings. The van der Waals surface area contributed by atoms with Gasteiger partial charge < -0.3 is 10.5 Å². The van der Waals surface area contributed by atoms with Crippen LogP contribution in [0.4, 0.5) is 4.79 Å². The van der Waals surface area contributed by atoms with E-state index in [4.69, 9.17) is 10.5 Å². The Bertz CT molecular complexity index is 411. The Morgan fingerprint density at radius 3 is 2.32 bits per heavy atom. The summed E-state index contributed by atoms with van der Waals surface area (Å²) in [6.45, 7) is 5.30. The SMILES string of the molecule is C/C(=C\C(=O)O[C@@H](C(=O)NC(N)=O)C(C)C)C1CC1. The van der Waals surface area contributed by atoms with Crippen molar-refractivity contribution in [1.29, 1.82) is 0 Å². The predicted octanol–water partition coefficient (Wildman–Crippen LogP) is 1.11. The first-order chi connectivity index (χ1) is 8.81. The lowest BCUT2D eigenvalue weighted by atomic mass is 10.1. The number of rotatable bonds is 5. The number of ether oxygens (including phenoxy) is 1. The molecule has 0 aromatic rings. The van der Waals surface area contributed by atoms with Crippen LogP contribution >= 0.6 is 0 Å². The molecule has 0 radical (unpaired) electrons. The highest BCUT2D eigenvalue weighted by molar-refractivity contribution is 5.97. The Morgan fingerprint density at radius 1 is 1.32 bits per heavy atom. The average Bonchev–Trinajstić information content (AvgIpc) is 3.07. The maximum absolute atomic E-state index is 11.7. The molecule has 0 aromatic carbocycles. The summed E-state index contributed by atoms with van der Waals surface area (Å²) in [5, 5.41) is 1.92. The lowest BCUT2D eigenvalue weighted by Gasteiger charge is -2.19. The smallest absolute Gasteiger partial charge is 0.331 e. The fourth-order valence-corrected chi connectivity index (χ4v) is 1.69. The van der Waals surface area contributed by atoms with Crippen LogP contribution in [0.5, 0.6) is 0 Å². The lowest BCUT2D eigenvalue weighted by molar-refractivity contribution is -0.153. The Kier molecular flexibility index (Phi) is 5.09. The molecule has 3 N–H and O–H groups in total. The third-order valence-electron chi connectivity index (χ3n) is 2.92. The van der Waals surface area contributed by atoms with Crippen LogP contribution < -0.4 is 11.1 Å². The highest BCUT2D eigenvalue weighted by atomic mass is 16.5. The summed E-state index contributed by atoms with van der Waals surface area (Å²) < 4.78 is 5.09. The number of hydrogen-bond acceptors (Lipinski definition) is 4. The summed E-state index contributed by atoms with van der Waals surface area (Å²) in [5.41, 5.74) is 5.83. The van der Waals surface area contributed by atoms with Gasteiger partial charge in [-0.1, -0.05) is 19.4 Å². The molecule has 106 valence electrons. The van der Waals surface area contributed by atoms with E-state index in [0.717, 1.165) is 18.4 Å². The van der Waals surface area contributed by atoms with Gasteiger partial charge in [-0.3, -0.25) is 10.1 Å². The van der Waals surface area contributed by atoms with Crippen LogP contribution in [0.1, 0.15) is 33.6 Å². The van der Waals surface area contributed by atoms with E-state index in [0.29, 0.717) is 5.92 Å². The van der Waals surface area contributed by atoms with Crippen molar-refractivity contribution in [3.8, 4) is 0 Å². The molecular weight excluding hydrogens is 248 g/mol. The first-order valence-corrected chi connectivity index (χ1v) is 6.30. The summed E-state index contributed by atoms with van der Waals surface area (Å²) in [5.74, 6) is -1.06. The van der Waals surface area contributed by atoms with Crippen molar-refractivity contribution in [2.24, 2.45) is 17.6 Å². The van der Waals surface area contributed by atoms with Gasteiger partial charge in [0, 0.05) is 6.08 Å². The summed E-state index contributed by atoms with van der Waals surface area (Å²) >= 11 is 0. The molecule has 0 spiro atoms. The fourth-order valence-electron chi connectivity index (χ4n) is 1.69. The van der Waals surface area contributed by atoms with Crippen molar-refractivity contribution < 1.29 is 19.1 Å². The molecule has 0 heterocycles. The first-order valence-electron chi connectivity index (χ1n) is 6.30. The average molecular weight is 268 g/mol. The van der Waals surface area contributed by atoms with Crippen LogP contribution in [-0.4, -0.2) is 24.0 Å². The predicted molar refractivity (Wildman–Crippen MR) is 68.9 cm³/mol. The normalized spacial score (nSPS) is 16.9. The first kappa shape index (κ1) is 15.2. The molecule has 0 aromatic heterocycles. The van der Waals surface area contributed by atoms with Gasteiger partial charge in [-0.25, -0.2) is 9.59 Å². The van der Waals surface area contributed by atoms with Crippen molar-refractivity contribution in [3.05, 3.63) is 11.6 Å². The largest absolute Gasteiger partial charge is 0.449 e. The number of carbonyl (C=O) groups excluding carboxylic acids is 3. The quantitative estimate of drug-likeness (QED) is 0.576. The molecule has 6 heteroatoms. The van der Waals surface area contributed by atoms with E-state index in [2.05, 4.69) is 0 Å². The van der Waals surface area contributed by atoms with Crippen LogP contribution in [0.2, 0.25) is 0 Å². The molecule has 1 atom stereocenters. The zero-order chi connectivity index (χ0) is 14.6. The second kappa shape index (κ2) is 6.36. The summed E-state index contributed by atoms with van der Waals surface area (Å²) in [7, 11) is 0. The number of imide groups is 1. The van der Waals surface area contributed by atoms with Crippen LogP contribution in [0, 0.1) is 11.8 Å². The van der Waals surface area contributed by atoms with E-state index in [1.807, 2.05) is 12.2 Å². The van der Waals surface area contributed by atoms with Crippen LogP contribution in [0.25, 0.3) is 0 Å². The standard InChI is InChI=1S/C13H20N2O4/c1-7(2)11(12(17)15-13(14)18)19-10(16)6-8(3)9-4-5-9/h6-7,9,11H,4-5H2,1-3H3,(H3,14,15,17,18)/b8-6+/t11-/m1/s1. The maximum Gasteiger partial charge on any atom is 0.331 e. The topological polar surface area (TPSA) is 98.5 Å². The molecule has 0 saturated heterocycles. The number of allylic oxidation sites excluding steroid dienone is 1. The summed E-state index contributed by atoms with van der Waals surface area (Å²) in [4.78, 5) is 34.0. The van der Waals surface area contributed by atoms with Crippen molar-refractivity contribution in [2.75, 3.05) is 0 Å². The highest BCUT2D eigenvalue weighted by Crippen LogP contribution is 2.35. The molecule has 1 rings (SSSR count). The molecule has 0 aliphatic heterocycles. The van der Waals surface area contributed by atoms with Gasteiger partial charge in [0.2, 0.25) is 0 Å². The number of nitrogens with one attached hydrogen (secondary N) is 1. The minimum atomic E-state index is -1.02. The van der Waals surface area contributed by atoms with Gasteiger partial charge in [0.15, 0.2) is 6.10 Å². The van der Waals surface area contributed by atoms with E-state index in [-0.39, 0.29) is 5.92 Å². The van der Waals surface area contributed by atoms with E-state index < -0.39 is 24.0 Å². The van der Waals surface area contributed by atoms with Crippen molar-refractivity contribution in [2.45, 2.75) is 39.7 Å². The Balaban J connectivity index is 2.62. The van der Waals surface area contributed by atoms with Gasteiger partial charge in [-0.2, -0.15) is 0 Å². The number of carbonyl (C=O) groups is 3. The molecule has 6 nitrogen and oxygen atoms in total. The molecule has 0 unspecified atom stereocenters. The molecule has 1 fully saturated rings. The van der Waals surface area contributed by atoms with Gasteiger partial charge in [0.05, 0.1) is 0 Å². The van der Waals surface area contributed by atoms with Gasteiger partial charge >= 0.3 is 12.0 Å². The van der Waals surface area contributed by atoms with E-state index in [1.54, 1.807) is 13.8 Å². The number of hydrogen-bond donors (Lipinski definition) is 2. The third kappa shape index (κ3) is 5.11. The van der Waals surface area contributed by atoms with Crippen molar-refractivity contribution in [3.63, 3.8) is 0 Å². The lowest BCUT2D eigenvalue weighted by Crippen LogP contribution is -2.45. The van der Waals surface area contributed by atoms with E-state index in [1.165, 1.54) is 6.08 Å². The molecular formula is C13H20N2O4. The third-order valence-corrected chi connectivity index (χ3v) is 2.92. The van der Waals surface area contributed by atoms with E-state index in [9.17, 15) is 14.4 Å². The highest BCUT2D eigenvalue weighted by Gasteiger charge is 2.28. The van der Waals surface area contributed by atoms with Gasteiger partial charge in [0.1, 0.15) is 0 Å². The summed E-state index contributed by atoms with van der Waals surface area (Å²) in [6.07, 6.45) is 2.56. The number of amides is 3. The maximum atomic E-state index is 11.7. The second-order valence-corrected chi connectivity index (χ2v) is 5.12. The Morgan fingerprint density at radius 2 is 1.89 bits per heavy atom. The van der Waals surface area contributed by atoms with Gasteiger partial charge in [-0.15, -0.1) is 0 Å². The van der Waals surface area contributed by atoms with Crippen LogP contribution in [0.3, 0.4) is 0 Å². The molecule has 1 aliphatic carbocycles. The van der Waals surface area contributed by atoms with Gasteiger partial charge in [-0.05, 0) is 31.6 Å². The van der Waals surface area contributed by atoms with E-state index >= 15 is 0 Å². The Hall–Kier alpha value is -1.85.